The third-order valence-electron chi connectivity index (χ3n) is 4.69. The first-order valence-corrected chi connectivity index (χ1v) is 8.91. The van der Waals surface area contributed by atoms with E-state index in [4.69, 9.17) is 5.73 Å². The van der Waals surface area contributed by atoms with E-state index in [0.717, 1.165) is 24.6 Å². The highest BCUT2D eigenvalue weighted by Crippen LogP contribution is 2.16. The summed E-state index contributed by atoms with van der Waals surface area (Å²) in [6, 6.07) is 6.25. The molecule has 0 radical (unpaired) electrons. The van der Waals surface area contributed by atoms with Crippen LogP contribution in [0.1, 0.15) is 43.7 Å². The van der Waals surface area contributed by atoms with E-state index in [1.54, 1.807) is 0 Å². The van der Waals surface area contributed by atoms with Crippen LogP contribution in [0.5, 0.6) is 0 Å². The van der Waals surface area contributed by atoms with Gasteiger partial charge >= 0.3 is 0 Å². The number of hydrogen-bond donors (Lipinski definition) is 2. The molecule has 128 valence electrons. The Bertz CT molecular complexity index is 524. The maximum atomic E-state index is 5.97. The number of aryl methyl sites for hydroxylation is 2. The van der Waals surface area contributed by atoms with Gasteiger partial charge < -0.3 is 16.0 Å². The summed E-state index contributed by atoms with van der Waals surface area (Å²) in [5.41, 5.74) is 9.53. The first kappa shape index (κ1) is 17.8. The van der Waals surface area contributed by atoms with E-state index in [2.05, 4.69) is 48.1 Å². The number of guanidine groups is 1. The predicted molar refractivity (Wildman–Crippen MR) is 100 cm³/mol. The molecule has 0 aromatic heterocycles. The zero-order valence-electron chi connectivity index (χ0n) is 14.9. The van der Waals surface area contributed by atoms with Crippen LogP contribution in [0.25, 0.3) is 0 Å². The van der Waals surface area contributed by atoms with Crippen molar-refractivity contribution >= 4 is 11.6 Å². The maximum Gasteiger partial charge on any atom is 0.193 e. The summed E-state index contributed by atoms with van der Waals surface area (Å²) in [5, 5.41) is 3.17. The van der Waals surface area contributed by atoms with Crippen molar-refractivity contribution in [1.29, 1.82) is 0 Å². The van der Waals surface area contributed by atoms with E-state index >= 15 is 0 Å². The van der Waals surface area contributed by atoms with E-state index in [9.17, 15) is 0 Å². The molecule has 0 saturated carbocycles. The molecule has 1 heterocycles. The smallest absolute Gasteiger partial charge is 0.193 e. The Morgan fingerprint density at radius 1 is 1.30 bits per heavy atom. The molecule has 1 saturated heterocycles. The quantitative estimate of drug-likeness (QED) is 0.479. The fourth-order valence-electron chi connectivity index (χ4n) is 3.14. The van der Waals surface area contributed by atoms with Crippen LogP contribution in [0.4, 0.5) is 5.69 Å². The van der Waals surface area contributed by atoms with Crippen LogP contribution in [0.2, 0.25) is 0 Å². The molecule has 0 amide bonds. The third-order valence-corrected chi connectivity index (χ3v) is 4.69. The van der Waals surface area contributed by atoms with Gasteiger partial charge in [-0.25, -0.2) is 0 Å². The zero-order valence-corrected chi connectivity index (χ0v) is 14.9. The van der Waals surface area contributed by atoms with Gasteiger partial charge in [0.25, 0.3) is 0 Å². The molecule has 1 fully saturated rings. The molecule has 4 nitrogen and oxygen atoms in total. The Morgan fingerprint density at radius 3 is 2.87 bits per heavy atom. The molecule has 1 aliphatic rings. The number of likely N-dealkylation sites (tertiary alicyclic amines) is 1. The Kier molecular flexibility index (Phi) is 6.90. The lowest BCUT2D eigenvalue weighted by atomic mass is 10.0. The molecule has 1 aliphatic heterocycles. The van der Waals surface area contributed by atoms with Crippen molar-refractivity contribution in [2.75, 3.05) is 31.5 Å². The van der Waals surface area contributed by atoms with Crippen LogP contribution < -0.4 is 11.1 Å². The van der Waals surface area contributed by atoms with Gasteiger partial charge in [-0.1, -0.05) is 13.0 Å². The van der Waals surface area contributed by atoms with Gasteiger partial charge in [0.15, 0.2) is 5.96 Å². The lowest BCUT2D eigenvalue weighted by Crippen LogP contribution is -2.35. The Labute approximate surface area is 141 Å². The fourth-order valence-corrected chi connectivity index (χ4v) is 3.14. The lowest BCUT2D eigenvalue weighted by Gasteiger charge is -2.30. The van der Waals surface area contributed by atoms with Crippen LogP contribution in [-0.2, 0) is 0 Å². The number of nitrogens with two attached hydrogens (primary N) is 1. The van der Waals surface area contributed by atoms with E-state index in [1.165, 1.54) is 50.0 Å². The molecule has 1 aromatic carbocycles. The van der Waals surface area contributed by atoms with Crippen LogP contribution in [0, 0.1) is 19.8 Å². The minimum absolute atomic E-state index is 0.514. The summed E-state index contributed by atoms with van der Waals surface area (Å²) < 4.78 is 0. The number of piperidine rings is 1. The summed E-state index contributed by atoms with van der Waals surface area (Å²) in [6.45, 7) is 11.1. The molecule has 0 aliphatic carbocycles. The van der Waals surface area contributed by atoms with Crippen LogP contribution in [0.15, 0.2) is 23.2 Å². The Hall–Kier alpha value is -1.55. The fraction of sp³-hybridized carbons (Fsp3) is 0.632. The standard InChI is InChI=1S/C19H32N4/c1-15-7-6-12-23(14-15)11-5-4-10-21-19(20)22-18-9-8-16(2)17(3)13-18/h8-9,13,15H,4-7,10-12,14H2,1-3H3,(H3,20,21,22). The molecule has 0 bridgehead atoms. The van der Waals surface area contributed by atoms with E-state index < -0.39 is 0 Å². The van der Waals surface area contributed by atoms with E-state index in [1.807, 2.05) is 6.07 Å². The average Bonchev–Trinajstić information content (AvgIpc) is 2.51. The van der Waals surface area contributed by atoms with Gasteiger partial charge in [-0.05, 0) is 81.8 Å². The summed E-state index contributed by atoms with van der Waals surface area (Å²) in [4.78, 5) is 7.03. The number of nitrogens with zero attached hydrogens (tertiary/aromatic N) is 2. The summed E-state index contributed by atoms with van der Waals surface area (Å²) in [7, 11) is 0. The lowest BCUT2D eigenvalue weighted by molar-refractivity contribution is 0.181. The minimum atomic E-state index is 0.514. The number of benzene rings is 1. The molecule has 2 rings (SSSR count). The number of aliphatic imine (C=N–C) groups is 1. The van der Waals surface area contributed by atoms with Crippen molar-refractivity contribution in [3.8, 4) is 0 Å². The molecular weight excluding hydrogens is 284 g/mol. The molecule has 1 atom stereocenters. The highest BCUT2D eigenvalue weighted by atomic mass is 15.1. The maximum absolute atomic E-state index is 5.97. The second-order valence-corrected chi connectivity index (χ2v) is 6.95. The SMILES string of the molecule is Cc1ccc(NC(N)=NCCCCN2CCCC(C)C2)cc1C. The molecule has 0 spiro atoms. The van der Waals surface area contributed by atoms with Gasteiger partial charge in [-0.2, -0.15) is 0 Å². The second-order valence-electron chi connectivity index (χ2n) is 6.95. The first-order chi connectivity index (χ1) is 11.0. The average molecular weight is 316 g/mol. The Balaban J connectivity index is 1.65. The van der Waals surface area contributed by atoms with Gasteiger partial charge in [-0.3, -0.25) is 4.99 Å². The number of rotatable bonds is 6. The molecule has 3 N–H and O–H groups in total. The number of unbranched alkanes of at least 4 members (excludes halogenated alkanes) is 1. The second kappa shape index (κ2) is 8.92. The van der Waals surface area contributed by atoms with Gasteiger partial charge in [0.05, 0.1) is 0 Å². The summed E-state index contributed by atoms with van der Waals surface area (Å²) in [5.74, 6) is 1.37. The minimum Gasteiger partial charge on any atom is -0.370 e. The van der Waals surface area contributed by atoms with Gasteiger partial charge in [0, 0.05) is 18.8 Å². The molecule has 1 unspecified atom stereocenters. The van der Waals surface area contributed by atoms with Gasteiger partial charge in [-0.15, -0.1) is 0 Å². The van der Waals surface area contributed by atoms with Gasteiger partial charge in [0.2, 0.25) is 0 Å². The van der Waals surface area contributed by atoms with Gasteiger partial charge in [0.1, 0.15) is 0 Å². The first-order valence-electron chi connectivity index (χ1n) is 8.91. The van der Waals surface area contributed by atoms with E-state index in [0.29, 0.717) is 5.96 Å². The zero-order chi connectivity index (χ0) is 16.7. The van der Waals surface area contributed by atoms with Crippen LogP contribution >= 0.6 is 0 Å². The summed E-state index contributed by atoms with van der Waals surface area (Å²) >= 11 is 0. The predicted octanol–water partition coefficient (Wildman–Crippen LogP) is 3.54. The van der Waals surface area contributed by atoms with Crippen molar-refractivity contribution in [2.45, 2.75) is 46.5 Å². The number of nitrogens with one attached hydrogen (secondary N) is 1. The van der Waals surface area contributed by atoms with Crippen molar-refractivity contribution < 1.29 is 0 Å². The number of hydrogen-bond acceptors (Lipinski definition) is 2. The Morgan fingerprint density at radius 2 is 2.13 bits per heavy atom. The summed E-state index contributed by atoms with van der Waals surface area (Å²) in [6.07, 6.45) is 5.04. The van der Waals surface area contributed by atoms with Crippen molar-refractivity contribution in [3.63, 3.8) is 0 Å². The van der Waals surface area contributed by atoms with Crippen LogP contribution in [-0.4, -0.2) is 37.0 Å². The number of anilines is 1. The molecule has 4 heteroatoms. The normalized spacial score (nSPS) is 19.8. The third kappa shape index (κ3) is 6.22. The van der Waals surface area contributed by atoms with Crippen molar-refractivity contribution in [3.05, 3.63) is 29.3 Å². The van der Waals surface area contributed by atoms with Crippen LogP contribution in [0.3, 0.4) is 0 Å². The highest BCUT2D eigenvalue weighted by Gasteiger charge is 2.15. The molecule has 23 heavy (non-hydrogen) atoms. The monoisotopic (exact) mass is 316 g/mol. The van der Waals surface area contributed by atoms with Crippen molar-refractivity contribution in [2.24, 2.45) is 16.6 Å². The van der Waals surface area contributed by atoms with Crippen molar-refractivity contribution in [1.82, 2.24) is 4.90 Å². The molecule has 1 aromatic rings. The largest absolute Gasteiger partial charge is 0.370 e. The van der Waals surface area contributed by atoms with E-state index in [-0.39, 0.29) is 0 Å². The topological polar surface area (TPSA) is 53.6 Å². The molecular formula is C19H32N4. The highest BCUT2D eigenvalue weighted by molar-refractivity contribution is 5.92.